The molecular weight excluding hydrogens is 146 g/mol. The van der Waals surface area contributed by atoms with E-state index >= 15 is 0 Å². The molecule has 11 heavy (non-hydrogen) atoms. The third-order valence-corrected chi connectivity index (χ3v) is 2.24. The van der Waals surface area contributed by atoms with E-state index in [-0.39, 0.29) is 0 Å². The van der Waals surface area contributed by atoms with E-state index < -0.39 is 18.0 Å². The van der Waals surface area contributed by atoms with Gasteiger partial charge in [-0.05, 0) is 12.8 Å². The van der Waals surface area contributed by atoms with Crippen LogP contribution in [0.15, 0.2) is 0 Å². The molecule has 0 atom stereocenters. The zero-order valence-corrected chi connectivity index (χ0v) is 6.21. The summed E-state index contributed by atoms with van der Waals surface area (Å²) in [6, 6.07) is 0. The van der Waals surface area contributed by atoms with E-state index in [4.69, 9.17) is 15.2 Å². The molecular formula is C7H11NO3. The van der Waals surface area contributed by atoms with Gasteiger partial charge in [0, 0.05) is 12.8 Å². The molecule has 0 radical (unpaired) electrons. The molecule has 2 N–H and O–H groups in total. The Morgan fingerprint density at radius 2 is 1.91 bits per heavy atom. The number of amides is 1. The highest BCUT2D eigenvalue weighted by molar-refractivity contribution is 5.78. The highest BCUT2D eigenvalue weighted by Crippen LogP contribution is 2.42. The molecule has 0 unspecified atom stereocenters. The lowest BCUT2D eigenvalue weighted by atomic mass is 10.2. The Balaban J connectivity index is 1.91. The predicted molar refractivity (Wildman–Crippen MR) is 36.4 cm³/mol. The quantitative estimate of drug-likeness (QED) is 0.587. The molecule has 62 valence electrons. The van der Waals surface area contributed by atoms with Crippen LogP contribution in [0.25, 0.3) is 0 Å². The molecule has 1 aliphatic carbocycles. The van der Waals surface area contributed by atoms with Gasteiger partial charge in [0.15, 0.2) is 5.79 Å². The first kappa shape index (κ1) is 7.06. The van der Waals surface area contributed by atoms with E-state index in [2.05, 4.69) is 0 Å². The fourth-order valence-corrected chi connectivity index (χ4v) is 1.66. The summed E-state index contributed by atoms with van der Waals surface area (Å²) in [6.45, 7) is 0. The summed E-state index contributed by atoms with van der Waals surface area (Å²) in [5.74, 6) is -0.956. The van der Waals surface area contributed by atoms with Crippen molar-refractivity contribution in [3.8, 4) is 0 Å². The SMILES string of the molecule is NC(=O)C1OC2(CCCC2)O1. The summed E-state index contributed by atoms with van der Waals surface area (Å²) < 4.78 is 10.5. The first-order valence-corrected chi connectivity index (χ1v) is 3.87. The number of rotatable bonds is 1. The zero-order valence-electron chi connectivity index (χ0n) is 6.21. The van der Waals surface area contributed by atoms with Gasteiger partial charge in [-0.3, -0.25) is 4.79 Å². The van der Waals surface area contributed by atoms with Crippen molar-refractivity contribution >= 4 is 5.91 Å². The van der Waals surface area contributed by atoms with Gasteiger partial charge >= 0.3 is 0 Å². The van der Waals surface area contributed by atoms with Gasteiger partial charge in [-0.2, -0.15) is 0 Å². The first-order chi connectivity index (χ1) is 5.22. The third-order valence-electron chi connectivity index (χ3n) is 2.24. The smallest absolute Gasteiger partial charge is 0.274 e. The summed E-state index contributed by atoms with van der Waals surface area (Å²) in [7, 11) is 0. The summed E-state index contributed by atoms with van der Waals surface area (Å²) in [6.07, 6.45) is 3.25. The number of hydrogen-bond acceptors (Lipinski definition) is 3. The minimum absolute atomic E-state index is 0.431. The van der Waals surface area contributed by atoms with Crippen molar-refractivity contribution in [3.63, 3.8) is 0 Å². The number of hydrogen-bond donors (Lipinski definition) is 1. The lowest BCUT2D eigenvalue weighted by Crippen LogP contribution is -2.57. The van der Waals surface area contributed by atoms with Crippen LogP contribution in [0, 0.1) is 0 Å². The summed E-state index contributed by atoms with van der Waals surface area (Å²) in [4.78, 5) is 10.5. The molecule has 4 nitrogen and oxygen atoms in total. The van der Waals surface area contributed by atoms with Crippen LogP contribution in [0.3, 0.4) is 0 Å². The Kier molecular flexibility index (Phi) is 1.40. The standard InChI is InChI=1S/C7H11NO3/c8-5(9)6-10-7(11-6)3-1-2-4-7/h6H,1-4H2,(H2,8,9). The van der Waals surface area contributed by atoms with Gasteiger partial charge in [0.25, 0.3) is 5.91 Å². The maximum atomic E-state index is 10.5. The lowest BCUT2D eigenvalue weighted by molar-refractivity contribution is -0.430. The normalized spacial score (nSPS) is 28.7. The van der Waals surface area contributed by atoms with Crippen molar-refractivity contribution in [1.29, 1.82) is 0 Å². The van der Waals surface area contributed by atoms with Crippen molar-refractivity contribution in [2.75, 3.05) is 0 Å². The van der Waals surface area contributed by atoms with Gasteiger partial charge in [-0.25, -0.2) is 0 Å². The molecule has 2 aliphatic rings. The predicted octanol–water partition coefficient (Wildman–Crippen LogP) is 0.115. The second-order valence-corrected chi connectivity index (χ2v) is 3.09. The van der Waals surface area contributed by atoms with E-state index in [9.17, 15) is 4.79 Å². The minimum atomic E-state index is -0.784. The van der Waals surface area contributed by atoms with Crippen LogP contribution in [-0.2, 0) is 14.3 Å². The van der Waals surface area contributed by atoms with Crippen LogP contribution in [0.4, 0.5) is 0 Å². The summed E-state index contributed by atoms with van der Waals surface area (Å²) in [5, 5.41) is 0. The molecule has 1 amide bonds. The van der Waals surface area contributed by atoms with Gasteiger partial charge in [0.2, 0.25) is 6.29 Å². The fourth-order valence-electron chi connectivity index (χ4n) is 1.66. The Labute approximate surface area is 64.6 Å². The topological polar surface area (TPSA) is 61.6 Å². The van der Waals surface area contributed by atoms with E-state index in [1.165, 1.54) is 0 Å². The van der Waals surface area contributed by atoms with Crippen LogP contribution in [0.2, 0.25) is 0 Å². The zero-order chi connectivity index (χ0) is 7.90. The van der Waals surface area contributed by atoms with Crippen LogP contribution in [0.5, 0.6) is 0 Å². The van der Waals surface area contributed by atoms with E-state index in [0.717, 1.165) is 25.7 Å². The van der Waals surface area contributed by atoms with Gasteiger partial charge < -0.3 is 15.2 Å². The molecule has 1 saturated carbocycles. The lowest BCUT2D eigenvalue weighted by Gasteiger charge is -2.43. The van der Waals surface area contributed by atoms with Crippen LogP contribution in [-0.4, -0.2) is 18.0 Å². The Bertz CT molecular complexity index is 178. The van der Waals surface area contributed by atoms with E-state index in [1.54, 1.807) is 0 Å². The monoisotopic (exact) mass is 157 g/mol. The van der Waals surface area contributed by atoms with Crippen molar-refractivity contribution in [2.45, 2.75) is 37.8 Å². The molecule has 1 heterocycles. The second kappa shape index (κ2) is 2.19. The van der Waals surface area contributed by atoms with Crippen molar-refractivity contribution in [2.24, 2.45) is 5.73 Å². The fraction of sp³-hybridized carbons (Fsp3) is 0.857. The van der Waals surface area contributed by atoms with Crippen LogP contribution >= 0.6 is 0 Å². The minimum Gasteiger partial charge on any atom is -0.365 e. The molecule has 4 heteroatoms. The highest BCUT2D eigenvalue weighted by Gasteiger charge is 2.50. The molecule has 1 spiro atoms. The Morgan fingerprint density at radius 3 is 2.36 bits per heavy atom. The molecule has 2 rings (SSSR count). The van der Waals surface area contributed by atoms with Crippen LogP contribution < -0.4 is 5.73 Å². The average Bonchev–Trinajstić information content (AvgIpc) is 2.29. The van der Waals surface area contributed by atoms with Gasteiger partial charge in [0.1, 0.15) is 0 Å². The Morgan fingerprint density at radius 1 is 1.36 bits per heavy atom. The molecule has 1 aliphatic heterocycles. The number of carbonyl (C=O) groups is 1. The third kappa shape index (κ3) is 1.02. The molecule has 0 aromatic carbocycles. The van der Waals surface area contributed by atoms with Crippen molar-refractivity contribution in [3.05, 3.63) is 0 Å². The summed E-state index contributed by atoms with van der Waals surface area (Å²) in [5.41, 5.74) is 4.96. The average molecular weight is 157 g/mol. The summed E-state index contributed by atoms with van der Waals surface area (Å²) >= 11 is 0. The van der Waals surface area contributed by atoms with Gasteiger partial charge in [-0.1, -0.05) is 0 Å². The maximum absolute atomic E-state index is 10.5. The number of primary amides is 1. The molecule has 0 bridgehead atoms. The number of carbonyl (C=O) groups excluding carboxylic acids is 1. The molecule has 1 saturated heterocycles. The molecule has 0 aromatic rings. The van der Waals surface area contributed by atoms with E-state index in [1.807, 2.05) is 0 Å². The molecule has 0 aromatic heterocycles. The van der Waals surface area contributed by atoms with Crippen molar-refractivity contribution in [1.82, 2.24) is 0 Å². The Hall–Kier alpha value is -0.610. The highest BCUT2D eigenvalue weighted by atomic mass is 16.9. The van der Waals surface area contributed by atoms with E-state index in [0.29, 0.717) is 0 Å². The van der Waals surface area contributed by atoms with Gasteiger partial charge in [0.05, 0.1) is 0 Å². The van der Waals surface area contributed by atoms with Gasteiger partial charge in [-0.15, -0.1) is 0 Å². The second-order valence-electron chi connectivity index (χ2n) is 3.09. The number of ether oxygens (including phenoxy) is 2. The first-order valence-electron chi connectivity index (χ1n) is 3.87. The van der Waals surface area contributed by atoms with Crippen molar-refractivity contribution < 1.29 is 14.3 Å². The molecule has 2 fully saturated rings. The van der Waals surface area contributed by atoms with Crippen LogP contribution in [0.1, 0.15) is 25.7 Å². The number of nitrogens with two attached hydrogens (primary N) is 1. The largest absolute Gasteiger partial charge is 0.365 e. The maximum Gasteiger partial charge on any atom is 0.274 e.